The summed E-state index contributed by atoms with van der Waals surface area (Å²) in [5.74, 6) is 0. The van der Waals surface area contributed by atoms with Gasteiger partial charge in [-0.05, 0) is 89.0 Å². The number of fused-ring (bicyclic) bond motifs is 9. The minimum Gasteiger partial charge on any atom is -0.378 e. The van der Waals surface area contributed by atoms with Crippen LogP contribution in [0.15, 0.2) is 115 Å². The Kier molecular flexibility index (Phi) is 4.90. The molecule has 3 aromatic heterocycles. The lowest BCUT2D eigenvalue weighted by Gasteiger charge is -2.11. The number of thiophene rings is 1. The van der Waals surface area contributed by atoms with Gasteiger partial charge in [-0.1, -0.05) is 48.5 Å². The minimum absolute atomic E-state index is 1.17. The summed E-state index contributed by atoms with van der Waals surface area (Å²) in [6, 6.07) is 42.6. The van der Waals surface area contributed by atoms with Crippen LogP contribution in [0.4, 0.5) is 5.69 Å². The Morgan fingerprint density at radius 2 is 0.929 bits per heavy atom. The number of aromatic amines is 2. The summed E-state index contributed by atoms with van der Waals surface area (Å²) in [7, 11) is 4.16. The molecular weight excluding hydrogens is 531 g/mol. The Balaban J connectivity index is 1.17. The van der Waals surface area contributed by atoms with Gasteiger partial charge in [0.2, 0.25) is 0 Å². The number of benzene rings is 6. The van der Waals surface area contributed by atoms with Crippen molar-refractivity contribution in [3.05, 3.63) is 115 Å². The van der Waals surface area contributed by atoms with Crippen LogP contribution in [0.1, 0.15) is 0 Å². The molecule has 0 fully saturated rings. The Bertz CT molecular complexity index is 2510. The zero-order valence-electron chi connectivity index (χ0n) is 23.3. The fourth-order valence-corrected chi connectivity index (χ4v) is 7.58. The fraction of sp³-hybridized carbons (Fsp3) is 0.0526. The van der Waals surface area contributed by atoms with E-state index in [2.05, 4.69) is 144 Å². The highest BCUT2D eigenvalue weighted by Crippen LogP contribution is 2.40. The van der Waals surface area contributed by atoms with Crippen molar-refractivity contribution in [2.24, 2.45) is 0 Å². The number of aromatic nitrogens is 2. The molecule has 2 N–H and O–H groups in total. The van der Waals surface area contributed by atoms with E-state index in [-0.39, 0.29) is 0 Å². The van der Waals surface area contributed by atoms with Crippen molar-refractivity contribution in [1.29, 1.82) is 0 Å². The summed E-state index contributed by atoms with van der Waals surface area (Å²) in [4.78, 5) is 9.31. The van der Waals surface area contributed by atoms with Gasteiger partial charge in [-0.15, -0.1) is 11.3 Å². The number of H-pyrrole nitrogens is 2. The van der Waals surface area contributed by atoms with E-state index < -0.39 is 0 Å². The average molecular weight is 558 g/mol. The Morgan fingerprint density at radius 3 is 1.55 bits per heavy atom. The molecular formula is C38H27N3S. The van der Waals surface area contributed by atoms with E-state index >= 15 is 0 Å². The SMILES string of the molecule is CN(C)c1ccc2c(c1)[nH]c1ccc(-c3ccc4sc5ccc(-c6ccc7[nH]c8ccccc8c7c6)cc5c4c3)cc12. The van der Waals surface area contributed by atoms with E-state index in [1.165, 1.54) is 91.7 Å². The third-order valence-electron chi connectivity index (χ3n) is 8.74. The molecule has 6 aromatic carbocycles. The number of rotatable bonds is 3. The third-order valence-corrected chi connectivity index (χ3v) is 9.89. The summed E-state index contributed by atoms with van der Waals surface area (Å²) in [5, 5.41) is 7.70. The molecule has 4 heteroatoms. The molecule has 0 bridgehead atoms. The normalized spacial score (nSPS) is 12.0. The molecule has 0 aliphatic carbocycles. The zero-order valence-corrected chi connectivity index (χ0v) is 24.1. The molecule has 42 heavy (non-hydrogen) atoms. The molecule has 0 aliphatic rings. The molecule has 0 aliphatic heterocycles. The van der Waals surface area contributed by atoms with Crippen LogP contribution < -0.4 is 4.90 Å². The van der Waals surface area contributed by atoms with E-state index in [9.17, 15) is 0 Å². The highest BCUT2D eigenvalue weighted by atomic mass is 32.1. The van der Waals surface area contributed by atoms with Crippen molar-refractivity contribution < 1.29 is 0 Å². The van der Waals surface area contributed by atoms with Gasteiger partial charge < -0.3 is 14.9 Å². The largest absolute Gasteiger partial charge is 0.378 e. The predicted molar refractivity (Wildman–Crippen MR) is 183 cm³/mol. The van der Waals surface area contributed by atoms with Crippen molar-refractivity contribution >= 4 is 80.8 Å². The lowest BCUT2D eigenvalue weighted by Crippen LogP contribution is -2.07. The van der Waals surface area contributed by atoms with Crippen LogP contribution in [0.25, 0.3) is 86.0 Å². The molecule has 3 nitrogen and oxygen atoms in total. The molecule has 0 saturated heterocycles. The summed E-state index contributed by atoms with van der Waals surface area (Å²) < 4.78 is 2.64. The molecule has 200 valence electrons. The van der Waals surface area contributed by atoms with Crippen molar-refractivity contribution in [3.8, 4) is 22.3 Å². The Morgan fingerprint density at radius 1 is 0.429 bits per heavy atom. The maximum atomic E-state index is 3.62. The molecule has 9 rings (SSSR count). The van der Waals surface area contributed by atoms with Crippen molar-refractivity contribution in [3.63, 3.8) is 0 Å². The maximum absolute atomic E-state index is 3.62. The van der Waals surface area contributed by atoms with E-state index in [1.54, 1.807) is 0 Å². The van der Waals surface area contributed by atoms with Crippen LogP contribution in [0, 0.1) is 0 Å². The van der Waals surface area contributed by atoms with Crippen LogP contribution in [-0.4, -0.2) is 24.1 Å². The number of hydrogen-bond acceptors (Lipinski definition) is 2. The Labute approximate surface area is 246 Å². The second-order valence-electron chi connectivity index (χ2n) is 11.5. The second kappa shape index (κ2) is 8.72. The molecule has 0 unspecified atom stereocenters. The number of anilines is 1. The molecule has 0 radical (unpaired) electrons. The van der Waals surface area contributed by atoms with Crippen LogP contribution in [0.2, 0.25) is 0 Å². The van der Waals surface area contributed by atoms with Gasteiger partial charge in [0.05, 0.1) is 0 Å². The quantitative estimate of drug-likeness (QED) is 0.223. The van der Waals surface area contributed by atoms with Gasteiger partial charge in [-0.3, -0.25) is 0 Å². The predicted octanol–water partition coefficient (Wildman–Crippen LogP) is 10.7. The molecule has 0 spiro atoms. The average Bonchev–Trinajstić information content (AvgIpc) is 3.70. The molecule has 3 heterocycles. The van der Waals surface area contributed by atoms with Gasteiger partial charge in [0.25, 0.3) is 0 Å². The van der Waals surface area contributed by atoms with Gasteiger partial charge in [-0.25, -0.2) is 0 Å². The van der Waals surface area contributed by atoms with Gasteiger partial charge in [0.15, 0.2) is 0 Å². The third kappa shape index (κ3) is 3.52. The lowest BCUT2D eigenvalue weighted by atomic mass is 9.98. The van der Waals surface area contributed by atoms with Crippen LogP contribution in [-0.2, 0) is 0 Å². The topological polar surface area (TPSA) is 34.8 Å². The van der Waals surface area contributed by atoms with E-state index in [0.29, 0.717) is 0 Å². The molecule has 0 saturated carbocycles. The first-order chi connectivity index (χ1) is 20.6. The lowest BCUT2D eigenvalue weighted by molar-refractivity contribution is 1.13. The maximum Gasteiger partial charge on any atom is 0.0485 e. The van der Waals surface area contributed by atoms with Gasteiger partial charge in [-0.2, -0.15) is 0 Å². The summed E-state index contributed by atoms with van der Waals surface area (Å²) >= 11 is 1.87. The summed E-state index contributed by atoms with van der Waals surface area (Å²) in [5.41, 5.74) is 10.9. The monoisotopic (exact) mass is 557 g/mol. The number of hydrogen-bond donors (Lipinski definition) is 2. The molecule has 0 atom stereocenters. The number of nitrogens with zero attached hydrogens (tertiary/aromatic N) is 1. The first kappa shape index (κ1) is 23.6. The zero-order chi connectivity index (χ0) is 27.9. The molecule has 0 amide bonds. The first-order valence-corrected chi connectivity index (χ1v) is 15.1. The Hall–Kier alpha value is -5.06. The van der Waals surface area contributed by atoms with Crippen LogP contribution in [0.3, 0.4) is 0 Å². The highest BCUT2D eigenvalue weighted by molar-refractivity contribution is 7.25. The van der Waals surface area contributed by atoms with Crippen LogP contribution >= 0.6 is 11.3 Å². The molecule has 9 aromatic rings. The number of nitrogens with one attached hydrogen (secondary N) is 2. The number of para-hydroxylation sites is 1. The summed E-state index contributed by atoms with van der Waals surface area (Å²) in [6.45, 7) is 0. The smallest absolute Gasteiger partial charge is 0.0485 e. The minimum atomic E-state index is 1.17. The standard InChI is InChI=1S/C38H27N3S/c1-41(2)26-11-12-28-30-18-23(8-14-35(30)40-36(28)21-26)25-10-16-38-32(20-25)31-19-24(9-15-37(31)42-38)22-7-13-34-29(17-22)27-5-3-4-6-33(27)39-34/h3-21,39-40H,1-2H3. The second-order valence-corrected chi connectivity index (χ2v) is 12.5. The van der Waals surface area contributed by atoms with Gasteiger partial charge in [0, 0.05) is 83.6 Å². The van der Waals surface area contributed by atoms with Crippen LogP contribution in [0.5, 0.6) is 0 Å². The van der Waals surface area contributed by atoms with Crippen molar-refractivity contribution in [2.75, 3.05) is 19.0 Å². The fourth-order valence-electron chi connectivity index (χ4n) is 6.51. The van der Waals surface area contributed by atoms with E-state index in [1.807, 2.05) is 11.3 Å². The van der Waals surface area contributed by atoms with Gasteiger partial charge >= 0.3 is 0 Å². The van der Waals surface area contributed by atoms with Gasteiger partial charge in [0.1, 0.15) is 0 Å². The summed E-state index contributed by atoms with van der Waals surface area (Å²) in [6.07, 6.45) is 0. The highest BCUT2D eigenvalue weighted by Gasteiger charge is 2.12. The van der Waals surface area contributed by atoms with Crippen molar-refractivity contribution in [2.45, 2.75) is 0 Å². The van der Waals surface area contributed by atoms with E-state index in [0.717, 1.165) is 0 Å². The first-order valence-electron chi connectivity index (χ1n) is 14.3. The van der Waals surface area contributed by atoms with Crippen molar-refractivity contribution in [1.82, 2.24) is 9.97 Å². The van der Waals surface area contributed by atoms with E-state index in [4.69, 9.17) is 0 Å².